The van der Waals surface area contributed by atoms with E-state index < -0.39 is 11.3 Å². The van der Waals surface area contributed by atoms with Crippen LogP contribution in [0.25, 0.3) is 11.1 Å². The van der Waals surface area contributed by atoms with Gasteiger partial charge in [-0.15, -0.1) is 0 Å². The highest BCUT2D eigenvalue weighted by Crippen LogP contribution is 2.32. The van der Waals surface area contributed by atoms with E-state index in [1.54, 1.807) is 25.3 Å². The normalized spacial score (nSPS) is 12.7. The number of ketones is 1. The first-order valence-electron chi connectivity index (χ1n) is 9.79. The van der Waals surface area contributed by atoms with E-state index >= 15 is 0 Å². The van der Waals surface area contributed by atoms with Gasteiger partial charge in [-0.05, 0) is 36.6 Å². The Morgan fingerprint density at radius 3 is 2.30 bits per heavy atom. The van der Waals surface area contributed by atoms with Crippen LogP contribution < -0.4 is 19.9 Å². The molecule has 1 aromatic carbocycles. The number of carbonyl (C=O) groups is 1. The third-order valence-electron chi connectivity index (χ3n) is 4.87. The van der Waals surface area contributed by atoms with Crippen LogP contribution in [0.2, 0.25) is 0 Å². The highest BCUT2D eigenvalue weighted by molar-refractivity contribution is 6.07. The summed E-state index contributed by atoms with van der Waals surface area (Å²) in [6.07, 6.45) is 7.71. The fourth-order valence-electron chi connectivity index (χ4n) is 3.03. The Labute approximate surface area is 177 Å². The van der Waals surface area contributed by atoms with Gasteiger partial charge < -0.3 is 14.3 Å². The first-order valence-corrected chi connectivity index (χ1v) is 9.79. The summed E-state index contributed by atoms with van der Waals surface area (Å²) >= 11 is 0. The maximum atomic E-state index is 13.0. The van der Waals surface area contributed by atoms with Crippen molar-refractivity contribution in [3.05, 3.63) is 70.2 Å². The molecule has 160 valence electrons. The number of aromatic nitrogens is 1. The molecule has 1 aromatic heterocycles. The van der Waals surface area contributed by atoms with Gasteiger partial charge in [0.15, 0.2) is 5.78 Å². The van der Waals surface area contributed by atoms with Gasteiger partial charge in [0.25, 0.3) is 5.56 Å². The summed E-state index contributed by atoms with van der Waals surface area (Å²) < 4.78 is 11.7. The highest BCUT2D eigenvalue weighted by Gasteiger charge is 2.22. The maximum Gasteiger partial charge on any atom is 0.298 e. The van der Waals surface area contributed by atoms with E-state index in [1.807, 2.05) is 19.1 Å². The fraction of sp³-hybridized carbons (Fsp3) is 0.333. The summed E-state index contributed by atoms with van der Waals surface area (Å²) in [5.74, 6) is 0.857. The van der Waals surface area contributed by atoms with Crippen LogP contribution in [0.4, 0.5) is 0 Å². The molecule has 0 saturated heterocycles. The molecule has 2 aromatic rings. The Bertz CT molecular complexity index is 999. The van der Waals surface area contributed by atoms with Crippen LogP contribution in [0, 0.1) is 5.92 Å². The van der Waals surface area contributed by atoms with Crippen molar-refractivity contribution in [2.75, 3.05) is 21.3 Å². The lowest BCUT2D eigenvalue weighted by Crippen LogP contribution is -2.30. The second-order valence-corrected chi connectivity index (χ2v) is 6.99. The van der Waals surface area contributed by atoms with E-state index in [0.29, 0.717) is 17.2 Å². The average molecular weight is 411 g/mol. The van der Waals surface area contributed by atoms with Crippen LogP contribution in [0.5, 0.6) is 11.5 Å². The molecule has 0 N–H and O–H groups in total. The number of methoxy groups -OCH3 is 2. The lowest BCUT2D eigenvalue weighted by atomic mass is 10.0. The number of pyridine rings is 1. The number of carbonyl (C=O) groups excluding carboxylic acids is 1. The van der Waals surface area contributed by atoms with E-state index in [0.717, 1.165) is 22.3 Å². The number of nitrogens with zero attached hydrogens (tertiary/aromatic N) is 1. The number of benzene rings is 1. The van der Waals surface area contributed by atoms with Crippen molar-refractivity contribution in [3.8, 4) is 22.6 Å². The van der Waals surface area contributed by atoms with Gasteiger partial charge in [0.2, 0.25) is 0 Å². The van der Waals surface area contributed by atoms with Gasteiger partial charge in [-0.1, -0.05) is 50.1 Å². The Balaban J connectivity index is 2.59. The number of ether oxygens (including phenoxy) is 2. The SMILES string of the molecule is CCC(C)/C=C(C)/C=C/C(=O)c1c(OC)c(-c2ccc(OC)cc2)cn(OC)c1=O. The van der Waals surface area contributed by atoms with E-state index in [1.165, 1.54) is 26.5 Å². The third kappa shape index (κ3) is 5.20. The largest absolute Gasteiger partial charge is 0.497 e. The van der Waals surface area contributed by atoms with Gasteiger partial charge in [-0.25, -0.2) is 0 Å². The van der Waals surface area contributed by atoms with E-state index in [-0.39, 0.29) is 11.3 Å². The predicted octanol–water partition coefficient (Wildman–Crippen LogP) is 4.32. The molecule has 0 radical (unpaired) electrons. The molecule has 0 amide bonds. The zero-order valence-electron chi connectivity index (χ0n) is 18.4. The van der Waals surface area contributed by atoms with Crippen LogP contribution in [0.3, 0.4) is 0 Å². The predicted molar refractivity (Wildman–Crippen MR) is 118 cm³/mol. The fourth-order valence-corrected chi connectivity index (χ4v) is 3.03. The maximum absolute atomic E-state index is 13.0. The smallest absolute Gasteiger partial charge is 0.298 e. The molecule has 0 saturated carbocycles. The van der Waals surface area contributed by atoms with Crippen LogP contribution in [-0.4, -0.2) is 31.8 Å². The van der Waals surface area contributed by atoms with Crippen molar-refractivity contribution in [2.45, 2.75) is 27.2 Å². The first-order chi connectivity index (χ1) is 14.4. The standard InChI is InChI=1S/C24H29NO5/c1-7-16(2)14-17(3)8-13-21(26)22-23(29-5)20(15-25(30-6)24(22)27)18-9-11-19(28-4)12-10-18/h8-16H,7H2,1-6H3/b13-8+,17-14+. The summed E-state index contributed by atoms with van der Waals surface area (Å²) in [5.41, 5.74) is 1.61. The van der Waals surface area contributed by atoms with Crippen molar-refractivity contribution in [3.63, 3.8) is 0 Å². The van der Waals surface area contributed by atoms with E-state index in [4.69, 9.17) is 14.3 Å². The molecule has 0 fully saturated rings. The minimum absolute atomic E-state index is 0.0831. The summed E-state index contributed by atoms with van der Waals surface area (Å²) in [5, 5.41) is 0. The molecule has 1 atom stereocenters. The monoisotopic (exact) mass is 411 g/mol. The summed E-state index contributed by atoms with van der Waals surface area (Å²) in [7, 11) is 4.39. The van der Waals surface area contributed by atoms with Gasteiger partial charge in [0, 0.05) is 5.56 Å². The van der Waals surface area contributed by atoms with E-state index in [9.17, 15) is 9.59 Å². The van der Waals surface area contributed by atoms with Crippen LogP contribution >= 0.6 is 0 Å². The number of hydrogen-bond donors (Lipinski definition) is 0. The summed E-state index contributed by atoms with van der Waals surface area (Å²) in [6, 6.07) is 7.23. The first kappa shape index (κ1) is 23.0. The Morgan fingerprint density at radius 1 is 1.10 bits per heavy atom. The lowest BCUT2D eigenvalue weighted by Gasteiger charge is -2.15. The quantitative estimate of drug-likeness (QED) is 0.349. The zero-order chi connectivity index (χ0) is 22.3. The molecule has 30 heavy (non-hydrogen) atoms. The van der Waals surface area contributed by atoms with Crippen molar-refractivity contribution in [1.82, 2.24) is 4.73 Å². The second kappa shape index (κ2) is 10.5. The number of allylic oxidation sites excluding steroid dienone is 4. The van der Waals surface area contributed by atoms with Gasteiger partial charge in [0.1, 0.15) is 24.2 Å². The molecule has 0 bridgehead atoms. The Morgan fingerprint density at radius 2 is 1.77 bits per heavy atom. The minimum Gasteiger partial charge on any atom is -0.497 e. The summed E-state index contributed by atoms with van der Waals surface area (Å²) in [6.45, 7) is 6.14. The number of rotatable bonds is 9. The lowest BCUT2D eigenvalue weighted by molar-refractivity contribution is 0.103. The zero-order valence-corrected chi connectivity index (χ0v) is 18.4. The molecular formula is C24H29NO5. The van der Waals surface area contributed by atoms with Gasteiger partial charge in [-0.2, -0.15) is 4.73 Å². The molecule has 6 heteroatoms. The molecule has 0 spiro atoms. The molecule has 6 nitrogen and oxygen atoms in total. The third-order valence-corrected chi connectivity index (χ3v) is 4.87. The van der Waals surface area contributed by atoms with Crippen molar-refractivity contribution < 1.29 is 19.1 Å². The molecule has 0 aliphatic heterocycles. The van der Waals surface area contributed by atoms with Crippen LogP contribution in [0.1, 0.15) is 37.6 Å². The second-order valence-electron chi connectivity index (χ2n) is 6.99. The molecule has 0 aliphatic rings. The molecule has 2 rings (SSSR count). The topological polar surface area (TPSA) is 66.8 Å². The van der Waals surface area contributed by atoms with Crippen molar-refractivity contribution in [1.29, 1.82) is 0 Å². The van der Waals surface area contributed by atoms with E-state index in [2.05, 4.69) is 19.9 Å². The van der Waals surface area contributed by atoms with Gasteiger partial charge in [-0.3, -0.25) is 9.59 Å². The summed E-state index contributed by atoms with van der Waals surface area (Å²) in [4.78, 5) is 31.0. The molecular weight excluding hydrogens is 382 g/mol. The minimum atomic E-state index is -0.579. The Kier molecular flexibility index (Phi) is 8.04. The molecule has 1 unspecified atom stereocenters. The van der Waals surface area contributed by atoms with Gasteiger partial charge in [0.05, 0.1) is 20.4 Å². The average Bonchev–Trinajstić information content (AvgIpc) is 2.76. The Hall–Kier alpha value is -3.28. The van der Waals surface area contributed by atoms with Crippen molar-refractivity contribution >= 4 is 5.78 Å². The van der Waals surface area contributed by atoms with Crippen LogP contribution in [-0.2, 0) is 0 Å². The van der Waals surface area contributed by atoms with Crippen molar-refractivity contribution in [2.24, 2.45) is 5.92 Å². The molecule has 0 aliphatic carbocycles. The van der Waals surface area contributed by atoms with Crippen LogP contribution in [0.15, 0.2) is 59.1 Å². The van der Waals surface area contributed by atoms with Gasteiger partial charge >= 0.3 is 0 Å². The number of hydrogen-bond acceptors (Lipinski definition) is 5. The highest BCUT2D eigenvalue weighted by atomic mass is 16.6. The molecule has 1 heterocycles.